The fourth-order valence-corrected chi connectivity index (χ4v) is 2.10. The minimum atomic E-state index is -4.33. The highest BCUT2D eigenvalue weighted by Crippen LogP contribution is 2.22. The van der Waals surface area contributed by atoms with Crippen LogP contribution in [0.5, 0.6) is 0 Å². The maximum Gasteiger partial charge on any atom is 0.389 e. The van der Waals surface area contributed by atoms with Crippen molar-refractivity contribution in [3.63, 3.8) is 0 Å². The van der Waals surface area contributed by atoms with Crippen LogP contribution in [0.15, 0.2) is 18.2 Å². The molecule has 0 saturated carbocycles. The van der Waals surface area contributed by atoms with Gasteiger partial charge in [0.1, 0.15) is 5.82 Å². The van der Waals surface area contributed by atoms with Crippen LogP contribution < -0.4 is 11.1 Å². The molecule has 0 aliphatic heterocycles. The van der Waals surface area contributed by atoms with Gasteiger partial charge in [0.25, 0.3) is 0 Å². The van der Waals surface area contributed by atoms with Crippen LogP contribution in [0, 0.1) is 0 Å². The Hall–Kier alpha value is -2.09. The lowest BCUT2D eigenvalue weighted by atomic mass is 10.1. The number of halogens is 3. The molecular weight excluding hydrogens is 297 g/mol. The SMILES string of the molecule is CC(NC(=O)CCC(F)(F)F)c1ccc2nc(CN)[nH]c2c1. The van der Waals surface area contributed by atoms with Crippen molar-refractivity contribution in [2.24, 2.45) is 5.73 Å². The van der Waals surface area contributed by atoms with Crippen LogP contribution in [-0.2, 0) is 11.3 Å². The van der Waals surface area contributed by atoms with Crippen LogP contribution in [-0.4, -0.2) is 22.1 Å². The van der Waals surface area contributed by atoms with Gasteiger partial charge in [0.15, 0.2) is 0 Å². The molecule has 120 valence electrons. The molecule has 0 aliphatic carbocycles. The molecule has 5 nitrogen and oxygen atoms in total. The zero-order valence-corrected chi connectivity index (χ0v) is 12.0. The number of nitrogens with one attached hydrogen (secondary N) is 2. The van der Waals surface area contributed by atoms with E-state index in [0.29, 0.717) is 5.82 Å². The van der Waals surface area contributed by atoms with Gasteiger partial charge >= 0.3 is 6.18 Å². The average Bonchev–Trinajstić information content (AvgIpc) is 2.86. The first kappa shape index (κ1) is 16.3. The highest BCUT2D eigenvalue weighted by molar-refractivity contribution is 5.78. The van der Waals surface area contributed by atoms with Crippen LogP contribution >= 0.6 is 0 Å². The quantitative estimate of drug-likeness (QED) is 0.793. The molecule has 0 bridgehead atoms. The monoisotopic (exact) mass is 314 g/mol. The normalized spacial score (nSPS) is 13.3. The number of fused-ring (bicyclic) bond motifs is 1. The lowest BCUT2D eigenvalue weighted by Crippen LogP contribution is -2.27. The summed E-state index contributed by atoms with van der Waals surface area (Å²) in [5, 5.41) is 2.56. The number of H-pyrrole nitrogens is 1. The second kappa shape index (κ2) is 6.35. The van der Waals surface area contributed by atoms with Gasteiger partial charge in [0.05, 0.1) is 30.0 Å². The number of carbonyl (C=O) groups excluding carboxylic acids is 1. The Morgan fingerprint density at radius 1 is 1.45 bits per heavy atom. The first-order valence-electron chi connectivity index (χ1n) is 6.83. The molecule has 0 spiro atoms. The number of hydrogen-bond acceptors (Lipinski definition) is 3. The largest absolute Gasteiger partial charge is 0.389 e. The van der Waals surface area contributed by atoms with E-state index in [0.717, 1.165) is 16.6 Å². The predicted molar refractivity (Wildman–Crippen MR) is 75.8 cm³/mol. The molecule has 1 heterocycles. The summed E-state index contributed by atoms with van der Waals surface area (Å²) in [5.74, 6) is 0.0196. The van der Waals surface area contributed by atoms with Gasteiger partial charge in [0, 0.05) is 6.42 Å². The first-order valence-corrected chi connectivity index (χ1v) is 6.83. The van der Waals surface area contributed by atoms with Crippen molar-refractivity contribution in [3.8, 4) is 0 Å². The van der Waals surface area contributed by atoms with Gasteiger partial charge < -0.3 is 16.0 Å². The van der Waals surface area contributed by atoms with E-state index in [1.807, 2.05) is 0 Å². The number of nitrogens with zero attached hydrogens (tertiary/aromatic N) is 1. The van der Waals surface area contributed by atoms with E-state index in [9.17, 15) is 18.0 Å². The zero-order chi connectivity index (χ0) is 16.3. The summed E-state index contributed by atoms with van der Waals surface area (Å²) in [6.45, 7) is 2.00. The standard InChI is InChI=1S/C14H17F3N4O/c1-8(19-13(22)4-5-14(15,16)17)9-2-3-10-11(6-9)21-12(7-18)20-10/h2-3,6,8H,4-5,7,18H2,1H3,(H,19,22)(H,20,21). The van der Waals surface area contributed by atoms with E-state index in [-0.39, 0.29) is 6.54 Å². The number of rotatable bonds is 5. The van der Waals surface area contributed by atoms with Crippen molar-refractivity contribution in [2.75, 3.05) is 0 Å². The third kappa shape index (κ3) is 4.20. The minimum Gasteiger partial charge on any atom is -0.350 e. The van der Waals surface area contributed by atoms with Crippen molar-refractivity contribution >= 4 is 16.9 Å². The number of aromatic amines is 1. The van der Waals surface area contributed by atoms with Gasteiger partial charge in [0.2, 0.25) is 5.91 Å². The number of carbonyl (C=O) groups is 1. The van der Waals surface area contributed by atoms with Gasteiger partial charge in [-0.15, -0.1) is 0 Å². The van der Waals surface area contributed by atoms with Gasteiger partial charge in [-0.2, -0.15) is 13.2 Å². The van der Waals surface area contributed by atoms with Crippen molar-refractivity contribution in [3.05, 3.63) is 29.6 Å². The number of benzene rings is 1. The molecule has 1 atom stereocenters. The molecular formula is C14H17F3N4O. The van der Waals surface area contributed by atoms with Crippen molar-refractivity contribution in [2.45, 2.75) is 38.5 Å². The summed E-state index contributed by atoms with van der Waals surface area (Å²) >= 11 is 0. The van der Waals surface area contributed by atoms with Crippen molar-refractivity contribution in [1.29, 1.82) is 0 Å². The van der Waals surface area contributed by atoms with Gasteiger partial charge in [-0.3, -0.25) is 4.79 Å². The topological polar surface area (TPSA) is 83.8 Å². The average molecular weight is 314 g/mol. The van der Waals surface area contributed by atoms with E-state index in [2.05, 4.69) is 15.3 Å². The van der Waals surface area contributed by atoms with Gasteiger partial charge in [-0.1, -0.05) is 6.07 Å². The summed E-state index contributed by atoms with van der Waals surface area (Å²) in [6.07, 6.45) is -6.02. The zero-order valence-electron chi connectivity index (χ0n) is 12.0. The molecule has 4 N–H and O–H groups in total. The van der Waals surface area contributed by atoms with Crippen molar-refractivity contribution in [1.82, 2.24) is 15.3 Å². The van der Waals surface area contributed by atoms with E-state index < -0.39 is 31.0 Å². The third-order valence-corrected chi connectivity index (χ3v) is 3.26. The number of imidazole rings is 1. The summed E-state index contributed by atoms with van der Waals surface area (Å²) in [4.78, 5) is 18.8. The van der Waals surface area contributed by atoms with Crippen LogP contribution in [0.1, 0.15) is 37.2 Å². The van der Waals surface area contributed by atoms with E-state index in [1.54, 1.807) is 25.1 Å². The van der Waals surface area contributed by atoms with E-state index >= 15 is 0 Å². The highest BCUT2D eigenvalue weighted by Gasteiger charge is 2.28. The molecule has 22 heavy (non-hydrogen) atoms. The molecule has 0 fully saturated rings. The lowest BCUT2D eigenvalue weighted by molar-refractivity contribution is -0.144. The number of aromatic nitrogens is 2. The van der Waals surface area contributed by atoms with E-state index in [1.165, 1.54) is 0 Å². The number of nitrogens with two attached hydrogens (primary N) is 1. The predicted octanol–water partition coefficient (Wildman–Crippen LogP) is 2.54. The molecule has 8 heteroatoms. The first-order chi connectivity index (χ1) is 10.3. The van der Waals surface area contributed by atoms with Crippen LogP contribution in [0.4, 0.5) is 13.2 Å². The summed E-state index contributed by atoms with van der Waals surface area (Å²) in [7, 11) is 0. The second-order valence-corrected chi connectivity index (χ2v) is 5.07. The van der Waals surface area contributed by atoms with Gasteiger partial charge in [-0.05, 0) is 24.6 Å². The molecule has 0 radical (unpaired) electrons. The third-order valence-electron chi connectivity index (χ3n) is 3.26. The Morgan fingerprint density at radius 3 is 2.82 bits per heavy atom. The van der Waals surface area contributed by atoms with Crippen LogP contribution in [0.2, 0.25) is 0 Å². The summed E-state index contributed by atoms with van der Waals surface area (Å²) in [5.41, 5.74) is 7.80. The highest BCUT2D eigenvalue weighted by atomic mass is 19.4. The molecule has 1 amide bonds. The van der Waals surface area contributed by atoms with Crippen LogP contribution in [0.25, 0.3) is 11.0 Å². The molecule has 1 aromatic heterocycles. The minimum absolute atomic E-state index is 0.285. The Bertz CT molecular complexity index is 666. The Labute approximate surface area is 125 Å². The molecule has 2 rings (SSSR count). The maximum absolute atomic E-state index is 12.1. The molecule has 0 aliphatic rings. The molecule has 1 unspecified atom stereocenters. The Kier molecular flexibility index (Phi) is 4.70. The summed E-state index contributed by atoms with van der Waals surface area (Å²) in [6, 6.07) is 4.96. The molecule has 2 aromatic rings. The molecule has 0 saturated heterocycles. The van der Waals surface area contributed by atoms with Crippen LogP contribution in [0.3, 0.4) is 0 Å². The fraction of sp³-hybridized carbons (Fsp3) is 0.429. The second-order valence-electron chi connectivity index (χ2n) is 5.07. The van der Waals surface area contributed by atoms with Crippen molar-refractivity contribution < 1.29 is 18.0 Å². The number of alkyl halides is 3. The smallest absolute Gasteiger partial charge is 0.350 e. The number of hydrogen-bond donors (Lipinski definition) is 3. The molecule has 1 aromatic carbocycles. The Morgan fingerprint density at radius 2 is 2.18 bits per heavy atom. The fourth-order valence-electron chi connectivity index (χ4n) is 2.10. The summed E-state index contributed by atoms with van der Waals surface area (Å²) < 4.78 is 36.3. The lowest BCUT2D eigenvalue weighted by Gasteiger charge is -2.15. The van der Waals surface area contributed by atoms with E-state index in [4.69, 9.17) is 5.73 Å². The Balaban J connectivity index is 2.02. The number of amides is 1. The maximum atomic E-state index is 12.1. The van der Waals surface area contributed by atoms with Gasteiger partial charge in [-0.25, -0.2) is 4.98 Å².